The highest BCUT2D eigenvalue weighted by Crippen LogP contribution is 2.44. The molecule has 6 nitrogen and oxygen atoms in total. The number of nitrogens with one attached hydrogen (secondary N) is 1. The van der Waals surface area contributed by atoms with Gasteiger partial charge < -0.3 is 10.4 Å². The van der Waals surface area contributed by atoms with Gasteiger partial charge in [-0.25, -0.2) is 0 Å². The average Bonchev–Trinajstić information content (AvgIpc) is 3.16. The molecule has 2 N–H and O–H groups in total. The van der Waals surface area contributed by atoms with Crippen LogP contribution < -0.4 is 5.32 Å². The van der Waals surface area contributed by atoms with E-state index < -0.39 is 4.92 Å². The Balaban J connectivity index is 2.05. The predicted molar refractivity (Wildman–Crippen MR) is 68.9 cm³/mol. The molecule has 0 spiro atoms. The lowest BCUT2D eigenvalue weighted by Crippen LogP contribution is -2.32. The number of benzene rings is 1. The summed E-state index contributed by atoms with van der Waals surface area (Å²) >= 11 is 0. The Bertz CT molecular complexity index is 523. The molecule has 2 rings (SSSR count). The van der Waals surface area contributed by atoms with Gasteiger partial charge in [0.2, 0.25) is 0 Å². The largest absolute Gasteiger partial charge is 0.396 e. The van der Waals surface area contributed by atoms with Crippen molar-refractivity contribution in [2.24, 2.45) is 5.41 Å². The van der Waals surface area contributed by atoms with E-state index >= 15 is 0 Å². The van der Waals surface area contributed by atoms with Gasteiger partial charge in [0.1, 0.15) is 0 Å². The van der Waals surface area contributed by atoms with Crippen LogP contribution in [0.4, 0.5) is 5.69 Å². The van der Waals surface area contributed by atoms with Crippen LogP contribution >= 0.6 is 0 Å². The zero-order valence-corrected chi connectivity index (χ0v) is 10.7. The standard InChI is InChI=1S/C13H16N2O4/c1-9-6-10(15(18)19)2-3-11(9)12(17)14-7-13(8-16)4-5-13/h2-3,6,16H,4-5,7-8H2,1H3,(H,14,17). The van der Waals surface area contributed by atoms with E-state index in [4.69, 9.17) is 5.11 Å². The smallest absolute Gasteiger partial charge is 0.269 e. The van der Waals surface area contributed by atoms with Gasteiger partial charge >= 0.3 is 0 Å². The van der Waals surface area contributed by atoms with Gasteiger partial charge in [0, 0.05) is 29.7 Å². The number of carbonyl (C=O) groups excluding carboxylic acids is 1. The maximum Gasteiger partial charge on any atom is 0.269 e. The molecule has 6 heteroatoms. The van der Waals surface area contributed by atoms with Crippen molar-refractivity contribution < 1.29 is 14.8 Å². The van der Waals surface area contributed by atoms with Gasteiger partial charge in [-0.1, -0.05) is 0 Å². The minimum atomic E-state index is -0.486. The van der Waals surface area contributed by atoms with Crippen LogP contribution in [0.3, 0.4) is 0 Å². The number of non-ortho nitro benzene ring substituents is 1. The maximum atomic E-state index is 12.0. The van der Waals surface area contributed by atoms with E-state index in [0.717, 1.165) is 12.8 Å². The molecular formula is C13H16N2O4. The summed E-state index contributed by atoms with van der Waals surface area (Å²) in [5.74, 6) is -0.257. The number of aliphatic hydroxyl groups is 1. The van der Waals surface area contributed by atoms with E-state index in [2.05, 4.69) is 5.32 Å². The molecule has 1 fully saturated rings. The monoisotopic (exact) mass is 264 g/mol. The molecular weight excluding hydrogens is 248 g/mol. The molecule has 102 valence electrons. The van der Waals surface area contributed by atoms with Crippen LogP contribution in [0.1, 0.15) is 28.8 Å². The number of rotatable bonds is 5. The fraction of sp³-hybridized carbons (Fsp3) is 0.462. The first-order valence-electron chi connectivity index (χ1n) is 6.11. The third-order valence-corrected chi connectivity index (χ3v) is 3.58. The second-order valence-electron chi connectivity index (χ2n) is 5.10. The Morgan fingerprint density at radius 1 is 1.53 bits per heavy atom. The molecule has 1 amide bonds. The lowest BCUT2D eigenvalue weighted by Gasteiger charge is -2.13. The first-order valence-corrected chi connectivity index (χ1v) is 6.11. The Kier molecular flexibility index (Phi) is 3.53. The molecule has 1 aromatic rings. The van der Waals surface area contributed by atoms with Gasteiger partial charge in [0.25, 0.3) is 11.6 Å². The highest BCUT2D eigenvalue weighted by Gasteiger charge is 2.42. The lowest BCUT2D eigenvalue weighted by molar-refractivity contribution is -0.384. The van der Waals surface area contributed by atoms with Crippen LogP contribution in [-0.2, 0) is 0 Å². The number of aliphatic hydroxyl groups excluding tert-OH is 1. The minimum Gasteiger partial charge on any atom is -0.396 e. The Morgan fingerprint density at radius 2 is 2.21 bits per heavy atom. The molecule has 0 unspecified atom stereocenters. The van der Waals surface area contributed by atoms with Gasteiger partial charge in [-0.3, -0.25) is 14.9 Å². The first kappa shape index (κ1) is 13.5. The van der Waals surface area contributed by atoms with Gasteiger partial charge in [0.15, 0.2) is 0 Å². The highest BCUT2D eigenvalue weighted by molar-refractivity contribution is 5.95. The molecule has 0 radical (unpaired) electrons. The van der Waals surface area contributed by atoms with E-state index in [1.165, 1.54) is 18.2 Å². The molecule has 1 aliphatic rings. The number of aryl methyl sites for hydroxylation is 1. The second-order valence-corrected chi connectivity index (χ2v) is 5.10. The van der Waals surface area contributed by atoms with E-state index in [9.17, 15) is 14.9 Å². The first-order chi connectivity index (χ1) is 8.97. The fourth-order valence-electron chi connectivity index (χ4n) is 1.95. The molecule has 0 aromatic heterocycles. The normalized spacial score (nSPS) is 15.9. The van der Waals surface area contributed by atoms with Crippen LogP contribution in [0.25, 0.3) is 0 Å². The molecule has 0 aliphatic heterocycles. The maximum absolute atomic E-state index is 12.0. The zero-order chi connectivity index (χ0) is 14.0. The summed E-state index contributed by atoms with van der Waals surface area (Å²) in [6.45, 7) is 2.19. The van der Waals surface area contributed by atoms with Gasteiger partial charge in [-0.15, -0.1) is 0 Å². The van der Waals surface area contributed by atoms with E-state index in [1.807, 2.05) is 0 Å². The van der Waals surface area contributed by atoms with Crippen molar-refractivity contribution in [3.8, 4) is 0 Å². The van der Waals surface area contributed by atoms with Crippen molar-refractivity contribution in [1.29, 1.82) is 0 Å². The van der Waals surface area contributed by atoms with Crippen molar-refractivity contribution >= 4 is 11.6 Å². The third-order valence-electron chi connectivity index (χ3n) is 3.58. The summed E-state index contributed by atoms with van der Waals surface area (Å²) in [7, 11) is 0. The molecule has 19 heavy (non-hydrogen) atoms. The van der Waals surface area contributed by atoms with Crippen molar-refractivity contribution in [3.63, 3.8) is 0 Å². The van der Waals surface area contributed by atoms with Crippen LogP contribution in [0, 0.1) is 22.5 Å². The summed E-state index contributed by atoms with van der Waals surface area (Å²) in [5, 5.41) is 22.6. The van der Waals surface area contributed by atoms with Crippen molar-refractivity contribution in [2.45, 2.75) is 19.8 Å². The number of hydrogen-bond donors (Lipinski definition) is 2. The molecule has 0 heterocycles. The van der Waals surface area contributed by atoms with Crippen molar-refractivity contribution in [2.75, 3.05) is 13.2 Å². The average molecular weight is 264 g/mol. The van der Waals surface area contributed by atoms with E-state index in [1.54, 1.807) is 6.92 Å². The minimum absolute atomic E-state index is 0.0249. The van der Waals surface area contributed by atoms with E-state index in [0.29, 0.717) is 17.7 Å². The van der Waals surface area contributed by atoms with Crippen LogP contribution in [0.5, 0.6) is 0 Å². The summed E-state index contributed by atoms with van der Waals surface area (Å²) < 4.78 is 0. The lowest BCUT2D eigenvalue weighted by atomic mass is 10.1. The molecule has 0 saturated heterocycles. The SMILES string of the molecule is Cc1cc([N+](=O)[O-])ccc1C(=O)NCC1(CO)CC1. The Labute approximate surface area is 110 Å². The second kappa shape index (κ2) is 4.97. The molecule has 0 bridgehead atoms. The zero-order valence-electron chi connectivity index (χ0n) is 10.7. The van der Waals surface area contributed by atoms with Crippen LogP contribution in [0.15, 0.2) is 18.2 Å². The quantitative estimate of drug-likeness (QED) is 0.621. The van der Waals surface area contributed by atoms with Crippen molar-refractivity contribution in [3.05, 3.63) is 39.4 Å². The highest BCUT2D eigenvalue weighted by atomic mass is 16.6. The predicted octanol–water partition coefficient (Wildman–Crippen LogP) is 1.41. The van der Waals surface area contributed by atoms with Crippen molar-refractivity contribution in [1.82, 2.24) is 5.32 Å². The summed E-state index contributed by atoms with van der Waals surface area (Å²) in [5.41, 5.74) is 0.826. The Hall–Kier alpha value is -1.95. The topological polar surface area (TPSA) is 92.5 Å². The van der Waals surface area contributed by atoms with E-state index in [-0.39, 0.29) is 23.6 Å². The van der Waals surface area contributed by atoms with Crippen LogP contribution in [-0.4, -0.2) is 29.1 Å². The van der Waals surface area contributed by atoms with Crippen LogP contribution in [0.2, 0.25) is 0 Å². The number of nitro benzene ring substituents is 1. The number of hydrogen-bond acceptors (Lipinski definition) is 4. The number of amides is 1. The summed E-state index contributed by atoms with van der Waals surface area (Å²) in [6, 6.07) is 4.16. The number of nitrogens with zero attached hydrogens (tertiary/aromatic N) is 1. The molecule has 1 saturated carbocycles. The summed E-state index contributed by atoms with van der Waals surface area (Å²) in [6.07, 6.45) is 1.84. The molecule has 0 atom stereocenters. The number of nitro groups is 1. The molecule has 1 aromatic carbocycles. The third kappa shape index (κ3) is 2.90. The van der Waals surface area contributed by atoms with Gasteiger partial charge in [-0.2, -0.15) is 0 Å². The number of carbonyl (C=O) groups is 1. The fourth-order valence-corrected chi connectivity index (χ4v) is 1.95. The summed E-state index contributed by atoms with van der Waals surface area (Å²) in [4.78, 5) is 22.1. The van der Waals surface area contributed by atoms with Gasteiger partial charge in [-0.05, 0) is 31.4 Å². The molecule has 1 aliphatic carbocycles. The Morgan fingerprint density at radius 3 is 2.68 bits per heavy atom. The van der Waals surface area contributed by atoms with Gasteiger partial charge in [0.05, 0.1) is 11.5 Å².